The molecule has 0 bridgehead atoms. The number of quaternary nitrogens is 1. The van der Waals surface area contributed by atoms with E-state index in [-0.39, 0.29) is 0 Å². The van der Waals surface area contributed by atoms with Crippen LogP contribution in [0.15, 0.2) is 18.2 Å². The van der Waals surface area contributed by atoms with Gasteiger partial charge in [0.25, 0.3) is 0 Å². The van der Waals surface area contributed by atoms with Gasteiger partial charge >= 0.3 is 0 Å². The lowest BCUT2D eigenvalue weighted by molar-refractivity contribution is -0.612. The van der Waals surface area contributed by atoms with Gasteiger partial charge in [0.2, 0.25) is 0 Å². The van der Waals surface area contributed by atoms with E-state index in [1.807, 2.05) is 23.5 Å². The Morgan fingerprint density at radius 2 is 2.15 bits per heavy atom. The van der Waals surface area contributed by atoms with Crippen molar-refractivity contribution in [2.45, 2.75) is 6.54 Å². The van der Waals surface area contributed by atoms with Gasteiger partial charge in [0.15, 0.2) is 11.5 Å². The minimum atomic E-state index is 0.640. The third-order valence-corrected chi connectivity index (χ3v) is 2.01. The van der Waals surface area contributed by atoms with Crippen LogP contribution >= 0.6 is 0 Å². The largest absolute Gasteiger partial charge is 0.486 e. The van der Waals surface area contributed by atoms with E-state index in [1.165, 1.54) is 0 Å². The van der Waals surface area contributed by atoms with E-state index in [0.29, 0.717) is 13.2 Å². The van der Waals surface area contributed by atoms with E-state index >= 15 is 0 Å². The molecule has 70 valence electrons. The third-order valence-electron chi connectivity index (χ3n) is 2.01. The highest BCUT2D eigenvalue weighted by molar-refractivity contribution is 5.46. The summed E-state index contributed by atoms with van der Waals surface area (Å²) >= 11 is 0. The van der Waals surface area contributed by atoms with Gasteiger partial charge in [-0.15, -0.1) is 0 Å². The molecular formula is C10H13NO2. The Morgan fingerprint density at radius 1 is 1.31 bits per heavy atom. The van der Waals surface area contributed by atoms with Crippen LogP contribution in [0.1, 0.15) is 5.56 Å². The monoisotopic (exact) mass is 179 g/mol. The van der Waals surface area contributed by atoms with Crippen LogP contribution in [-0.2, 0) is 6.54 Å². The predicted molar refractivity (Wildman–Crippen MR) is 48.4 cm³/mol. The second-order valence-corrected chi connectivity index (χ2v) is 2.93. The molecule has 1 heterocycles. The number of hydrogen-bond acceptors (Lipinski definition) is 2. The van der Waals surface area contributed by atoms with E-state index in [2.05, 4.69) is 7.05 Å². The maximum atomic E-state index is 5.53. The first kappa shape index (κ1) is 8.38. The Morgan fingerprint density at radius 3 is 3.00 bits per heavy atom. The van der Waals surface area contributed by atoms with Crippen LogP contribution in [-0.4, -0.2) is 13.2 Å². The maximum absolute atomic E-state index is 5.53. The molecule has 0 saturated heterocycles. The second-order valence-electron chi connectivity index (χ2n) is 2.93. The van der Waals surface area contributed by atoms with Gasteiger partial charge in [-0.2, -0.15) is 7.05 Å². The van der Waals surface area contributed by atoms with Crippen molar-refractivity contribution >= 4 is 0 Å². The van der Waals surface area contributed by atoms with Crippen LogP contribution in [0.25, 0.3) is 0 Å². The van der Waals surface area contributed by atoms with Crippen LogP contribution in [0.4, 0.5) is 0 Å². The summed E-state index contributed by atoms with van der Waals surface area (Å²) in [5, 5.41) is 1.87. The van der Waals surface area contributed by atoms with Gasteiger partial charge in [-0.1, -0.05) is 6.07 Å². The molecule has 0 atom stereocenters. The molecule has 3 nitrogen and oxygen atoms in total. The van der Waals surface area contributed by atoms with Crippen LogP contribution in [0, 0.1) is 7.05 Å². The van der Waals surface area contributed by atoms with Gasteiger partial charge in [-0.05, 0) is 12.1 Å². The fourth-order valence-corrected chi connectivity index (χ4v) is 1.45. The van der Waals surface area contributed by atoms with Crippen molar-refractivity contribution in [1.29, 1.82) is 0 Å². The molecule has 0 saturated carbocycles. The van der Waals surface area contributed by atoms with Gasteiger partial charge < -0.3 is 14.8 Å². The first-order valence-corrected chi connectivity index (χ1v) is 4.40. The summed E-state index contributed by atoms with van der Waals surface area (Å²) < 4.78 is 11.0. The van der Waals surface area contributed by atoms with Gasteiger partial charge in [0, 0.05) is 5.56 Å². The average molecular weight is 179 g/mol. The number of nitrogens with two attached hydrogens (primary N) is 1. The van der Waals surface area contributed by atoms with E-state index in [4.69, 9.17) is 9.47 Å². The summed E-state index contributed by atoms with van der Waals surface area (Å²) in [4.78, 5) is 0. The van der Waals surface area contributed by atoms with Gasteiger partial charge in [0.05, 0.1) is 6.54 Å². The number of benzene rings is 1. The number of para-hydroxylation sites is 1. The third kappa shape index (κ3) is 1.60. The van der Waals surface area contributed by atoms with E-state index in [1.54, 1.807) is 0 Å². The van der Waals surface area contributed by atoms with Crippen LogP contribution in [0.2, 0.25) is 0 Å². The lowest BCUT2D eigenvalue weighted by atomic mass is 10.2. The molecule has 3 heteroatoms. The fourth-order valence-electron chi connectivity index (χ4n) is 1.45. The van der Waals surface area contributed by atoms with Gasteiger partial charge in [-0.25, -0.2) is 0 Å². The summed E-state index contributed by atoms with van der Waals surface area (Å²) in [6, 6.07) is 5.95. The molecule has 0 spiro atoms. The zero-order chi connectivity index (χ0) is 9.10. The Bertz CT molecular complexity index is 299. The van der Waals surface area contributed by atoms with Crippen molar-refractivity contribution < 1.29 is 14.8 Å². The van der Waals surface area contributed by atoms with Crippen molar-refractivity contribution in [3.8, 4) is 11.5 Å². The maximum Gasteiger partial charge on any atom is 0.170 e. The van der Waals surface area contributed by atoms with Crippen molar-refractivity contribution in [2.24, 2.45) is 0 Å². The minimum absolute atomic E-state index is 0.640. The zero-order valence-corrected chi connectivity index (χ0v) is 7.45. The summed E-state index contributed by atoms with van der Waals surface area (Å²) in [5.74, 6) is 1.74. The molecule has 2 N–H and O–H groups in total. The molecule has 13 heavy (non-hydrogen) atoms. The molecule has 1 aromatic carbocycles. The van der Waals surface area contributed by atoms with Crippen LogP contribution < -0.4 is 14.8 Å². The Labute approximate surface area is 77.7 Å². The molecular weight excluding hydrogens is 166 g/mol. The van der Waals surface area contributed by atoms with E-state index in [9.17, 15) is 0 Å². The van der Waals surface area contributed by atoms with Crippen LogP contribution in [0.5, 0.6) is 11.5 Å². The summed E-state index contributed by atoms with van der Waals surface area (Å²) in [6.45, 7) is 2.11. The van der Waals surface area contributed by atoms with Crippen molar-refractivity contribution in [3.05, 3.63) is 30.8 Å². The van der Waals surface area contributed by atoms with Crippen molar-refractivity contribution in [1.82, 2.24) is 0 Å². The fraction of sp³-hybridized carbons (Fsp3) is 0.300. The summed E-state index contributed by atoms with van der Waals surface area (Å²) in [5.41, 5.74) is 1.15. The molecule has 1 aliphatic rings. The minimum Gasteiger partial charge on any atom is -0.486 e. The lowest BCUT2D eigenvalue weighted by Crippen LogP contribution is -2.74. The first-order chi connectivity index (χ1) is 6.42. The summed E-state index contributed by atoms with van der Waals surface area (Å²) in [7, 11) is 3.71. The predicted octanol–water partition coefficient (Wildman–Crippen LogP) is 0.313. The smallest absolute Gasteiger partial charge is 0.170 e. The quantitative estimate of drug-likeness (QED) is 0.663. The molecule has 0 radical (unpaired) electrons. The lowest BCUT2D eigenvalue weighted by Gasteiger charge is -2.20. The highest BCUT2D eigenvalue weighted by Crippen LogP contribution is 2.32. The van der Waals surface area contributed by atoms with Crippen molar-refractivity contribution in [2.75, 3.05) is 13.2 Å². The molecule has 1 aliphatic heterocycles. The summed E-state index contributed by atoms with van der Waals surface area (Å²) in [6.07, 6.45) is 0. The SMILES string of the molecule is [CH2-][NH2+]Cc1cccc2c1OCCO2. The highest BCUT2D eigenvalue weighted by Gasteiger charge is 2.14. The Balaban J connectivity index is 2.34. The molecule has 1 aromatic rings. The molecule has 0 aliphatic carbocycles. The Kier molecular flexibility index (Phi) is 2.36. The number of hydrogen-bond donors (Lipinski definition) is 1. The first-order valence-electron chi connectivity index (χ1n) is 4.40. The Hall–Kier alpha value is -1.22. The van der Waals surface area contributed by atoms with Gasteiger partial charge in [-0.3, -0.25) is 0 Å². The van der Waals surface area contributed by atoms with Crippen molar-refractivity contribution in [3.63, 3.8) is 0 Å². The standard InChI is InChI=1S/C10H13NO2/c1-11-7-8-3-2-4-9-10(8)13-6-5-12-9/h2-4H,1,5-7,11H2. The van der Waals surface area contributed by atoms with Gasteiger partial charge in [0.1, 0.15) is 13.2 Å². The number of fused-ring (bicyclic) bond motifs is 1. The van der Waals surface area contributed by atoms with E-state index in [0.717, 1.165) is 23.6 Å². The molecule has 0 fully saturated rings. The molecule has 0 unspecified atom stereocenters. The van der Waals surface area contributed by atoms with Crippen LogP contribution in [0.3, 0.4) is 0 Å². The molecule has 0 amide bonds. The van der Waals surface area contributed by atoms with E-state index < -0.39 is 0 Å². The topological polar surface area (TPSA) is 35.1 Å². The second kappa shape index (κ2) is 3.66. The normalized spacial score (nSPS) is 14.2. The highest BCUT2D eigenvalue weighted by atomic mass is 16.6. The average Bonchev–Trinajstić information content (AvgIpc) is 2.19. The molecule has 2 rings (SSSR count). The number of ether oxygens (including phenoxy) is 2. The zero-order valence-electron chi connectivity index (χ0n) is 7.45. The number of rotatable bonds is 2. The molecule has 0 aromatic heterocycles.